The van der Waals surface area contributed by atoms with E-state index in [0.717, 1.165) is 43.7 Å². The monoisotopic (exact) mass is 378 g/mol. The summed E-state index contributed by atoms with van der Waals surface area (Å²) in [7, 11) is 1.66. The van der Waals surface area contributed by atoms with Gasteiger partial charge < -0.3 is 15.0 Å². The number of rotatable bonds is 4. The van der Waals surface area contributed by atoms with Gasteiger partial charge in [0.2, 0.25) is 5.91 Å². The molecule has 0 aromatic heterocycles. The van der Waals surface area contributed by atoms with Crippen molar-refractivity contribution in [1.29, 1.82) is 0 Å². The van der Waals surface area contributed by atoms with Gasteiger partial charge in [-0.3, -0.25) is 4.79 Å². The highest BCUT2D eigenvalue weighted by atomic mass is 16.5. The fourth-order valence-corrected chi connectivity index (χ4v) is 4.87. The molecule has 4 rings (SSSR count). The first kappa shape index (κ1) is 19.0. The van der Waals surface area contributed by atoms with Gasteiger partial charge in [0.1, 0.15) is 5.75 Å². The molecule has 2 saturated heterocycles. The third-order valence-corrected chi connectivity index (χ3v) is 6.27. The molecule has 1 amide bonds. The number of benzene rings is 2. The second-order valence-electron chi connectivity index (χ2n) is 7.96. The van der Waals surface area contributed by atoms with Crippen LogP contribution in [0.4, 0.5) is 0 Å². The molecule has 2 aliphatic heterocycles. The highest BCUT2D eigenvalue weighted by Gasteiger charge is 2.40. The van der Waals surface area contributed by atoms with E-state index in [9.17, 15) is 4.79 Å². The molecule has 0 radical (unpaired) electrons. The number of nitrogens with one attached hydrogen (secondary N) is 1. The maximum absolute atomic E-state index is 13.4. The Hall–Kier alpha value is -2.33. The number of methoxy groups -OCH3 is 1. The van der Waals surface area contributed by atoms with Crippen LogP contribution < -0.4 is 10.1 Å². The molecule has 28 heavy (non-hydrogen) atoms. The van der Waals surface area contributed by atoms with Crippen molar-refractivity contribution in [3.05, 3.63) is 65.7 Å². The van der Waals surface area contributed by atoms with Gasteiger partial charge in [0.15, 0.2) is 0 Å². The van der Waals surface area contributed by atoms with Crippen LogP contribution in [0.15, 0.2) is 54.6 Å². The van der Waals surface area contributed by atoms with E-state index in [-0.39, 0.29) is 11.9 Å². The van der Waals surface area contributed by atoms with Gasteiger partial charge in [-0.15, -0.1) is 0 Å². The maximum atomic E-state index is 13.4. The fourth-order valence-electron chi connectivity index (χ4n) is 4.87. The van der Waals surface area contributed by atoms with E-state index < -0.39 is 0 Å². The van der Waals surface area contributed by atoms with Crippen LogP contribution in [0.5, 0.6) is 5.75 Å². The number of hydrogen-bond donors (Lipinski definition) is 1. The SMILES string of the molecule is COc1ccc(CC(=O)N2CCCC[C@H]3NCC[C@H](c4ccccc4)[C@H]32)cc1. The lowest BCUT2D eigenvalue weighted by molar-refractivity contribution is -0.134. The normalized spacial score (nSPS) is 24.9. The molecule has 4 heteroatoms. The van der Waals surface area contributed by atoms with Crippen molar-refractivity contribution < 1.29 is 9.53 Å². The fraction of sp³-hybridized carbons (Fsp3) is 0.458. The molecular formula is C24H30N2O2. The van der Waals surface area contributed by atoms with Gasteiger partial charge in [-0.2, -0.15) is 0 Å². The number of piperidine rings is 1. The minimum absolute atomic E-state index is 0.240. The van der Waals surface area contributed by atoms with Crippen molar-refractivity contribution in [1.82, 2.24) is 10.2 Å². The van der Waals surface area contributed by atoms with Gasteiger partial charge >= 0.3 is 0 Å². The van der Waals surface area contributed by atoms with Gasteiger partial charge in [-0.1, -0.05) is 48.9 Å². The van der Waals surface area contributed by atoms with Crippen LogP contribution in [0.25, 0.3) is 0 Å². The number of likely N-dealkylation sites (tertiary alicyclic amines) is 1. The van der Waals surface area contributed by atoms with Crippen molar-refractivity contribution in [2.45, 2.75) is 50.1 Å². The van der Waals surface area contributed by atoms with Gasteiger partial charge in [-0.25, -0.2) is 0 Å². The highest BCUT2D eigenvalue weighted by Crippen LogP contribution is 2.35. The summed E-state index contributed by atoms with van der Waals surface area (Å²) in [5.74, 6) is 1.48. The molecule has 0 bridgehead atoms. The van der Waals surface area contributed by atoms with Crippen LogP contribution >= 0.6 is 0 Å². The first-order valence-corrected chi connectivity index (χ1v) is 10.5. The van der Waals surface area contributed by atoms with Crippen LogP contribution in [-0.2, 0) is 11.2 Å². The summed E-state index contributed by atoms with van der Waals surface area (Å²) in [6.07, 6.45) is 4.96. The second kappa shape index (κ2) is 8.78. The smallest absolute Gasteiger partial charge is 0.227 e. The Labute approximate surface area is 167 Å². The quantitative estimate of drug-likeness (QED) is 0.881. The predicted octanol–water partition coefficient (Wildman–Crippen LogP) is 3.76. The van der Waals surface area contributed by atoms with E-state index in [0.29, 0.717) is 18.4 Å². The lowest BCUT2D eigenvalue weighted by Gasteiger charge is -2.44. The van der Waals surface area contributed by atoms with Crippen molar-refractivity contribution >= 4 is 5.91 Å². The molecule has 0 spiro atoms. The Kier molecular flexibility index (Phi) is 5.96. The largest absolute Gasteiger partial charge is 0.497 e. The van der Waals surface area contributed by atoms with E-state index >= 15 is 0 Å². The van der Waals surface area contributed by atoms with Gasteiger partial charge in [0.05, 0.1) is 19.6 Å². The number of fused-ring (bicyclic) bond motifs is 1. The van der Waals surface area contributed by atoms with Crippen molar-refractivity contribution in [3.63, 3.8) is 0 Å². The first-order valence-electron chi connectivity index (χ1n) is 10.5. The average Bonchev–Trinajstić information content (AvgIpc) is 2.97. The van der Waals surface area contributed by atoms with Crippen LogP contribution in [0.3, 0.4) is 0 Å². The molecule has 0 unspecified atom stereocenters. The highest BCUT2D eigenvalue weighted by molar-refractivity contribution is 5.79. The zero-order valence-corrected chi connectivity index (χ0v) is 16.6. The van der Waals surface area contributed by atoms with E-state index in [1.165, 1.54) is 12.0 Å². The maximum Gasteiger partial charge on any atom is 0.227 e. The lowest BCUT2D eigenvalue weighted by atomic mass is 9.80. The van der Waals surface area contributed by atoms with E-state index in [2.05, 4.69) is 40.5 Å². The van der Waals surface area contributed by atoms with Crippen LogP contribution in [0.2, 0.25) is 0 Å². The van der Waals surface area contributed by atoms with Crippen LogP contribution in [-0.4, -0.2) is 43.1 Å². The number of nitrogens with zero attached hydrogens (tertiary/aromatic N) is 1. The summed E-state index contributed by atoms with van der Waals surface area (Å²) in [6.45, 7) is 1.89. The van der Waals surface area contributed by atoms with Crippen LogP contribution in [0.1, 0.15) is 42.7 Å². The summed E-state index contributed by atoms with van der Waals surface area (Å²) in [6, 6.07) is 19.3. The van der Waals surface area contributed by atoms with E-state index in [1.54, 1.807) is 7.11 Å². The molecule has 2 fully saturated rings. The van der Waals surface area contributed by atoms with Gasteiger partial charge in [-0.05, 0) is 49.1 Å². The molecule has 2 aromatic rings. The number of hydrogen-bond acceptors (Lipinski definition) is 3. The van der Waals surface area contributed by atoms with Crippen molar-refractivity contribution in [2.75, 3.05) is 20.2 Å². The van der Waals surface area contributed by atoms with Crippen molar-refractivity contribution in [3.8, 4) is 5.75 Å². The molecule has 2 aliphatic rings. The first-order chi connectivity index (χ1) is 13.8. The van der Waals surface area contributed by atoms with E-state index in [1.807, 2.05) is 24.3 Å². The average molecular weight is 379 g/mol. The molecule has 148 valence electrons. The Bertz CT molecular complexity index is 775. The number of amides is 1. The second-order valence-corrected chi connectivity index (χ2v) is 7.96. The zero-order chi connectivity index (χ0) is 19.3. The Morgan fingerprint density at radius 2 is 1.86 bits per heavy atom. The van der Waals surface area contributed by atoms with Crippen molar-refractivity contribution in [2.24, 2.45) is 0 Å². The lowest BCUT2D eigenvalue weighted by Crippen LogP contribution is -2.58. The Morgan fingerprint density at radius 1 is 1.07 bits per heavy atom. The molecule has 0 aliphatic carbocycles. The Morgan fingerprint density at radius 3 is 2.61 bits per heavy atom. The van der Waals surface area contributed by atoms with Gasteiger partial charge in [0, 0.05) is 18.5 Å². The summed E-state index contributed by atoms with van der Waals surface area (Å²) in [5, 5.41) is 3.71. The topological polar surface area (TPSA) is 41.6 Å². The molecule has 0 saturated carbocycles. The molecule has 1 N–H and O–H groups in total. The standard InChI is InChI=1S/C24H30N2O2/c1-28-20-12-10-18(11-13-20)17-23(27)26-16-6-5-9-22-24(26)21(14-15-25-22)19-7-3-2-4-8-19/h2-4,7-8,10-13,21-22,24-25H,5-6,9,14-17H2,1H3/t21-,22-,24-/m1/s1. The zero-order valence-electron chi connectivity index (χ0n) is 16.6. The number of ether oxygens (including phenoxy) is 1. The third-order valence-electron chi connectivity index (χ3n) is 6.27. The van der Waals surface area contributed by atoms with E-state index in [4.69, 9.17) is 4.74 Å². The summed E-state index contributed by atoms with van der Waals surface area (Å²) >= 11 is 0. The summed E-state index contributed by atoms with van der Waals surface area (Å²) in [5.41, 5.74) is 2.41. The predicted molar refractivity (Wildman–Crippen MR) is 112 cm³/mol. The van der Waals surface area contributed by atoms with Crippen LogP contribution in [0, 0.1) is 0 Å². The minimum Gasteiger partial charge on any atom is -0.497 e. The minimum atomic E-state index is 0.240. The molecule has 3 atom stereocenters. The van der Waals surface area contributed by atoms with Gasteiger partial charge in [0.25, 0.3) is 0 Å². The molecule has 4 nitrogen and oxygen atoms in total. The number of carbonyl (C=O) groups excluding carboxylic acids is 1. The summed E-state index contributed by atoms with van der Waals surface area (Å²) < 4.78 is 5.24. The molecular weight excluding hydrogens is 348 g/mol. The molecule has 2 aromatic carbocycles. The Balaban J connectivity index is 1.58. The number of carbonyl (C=O) groups is 1. The molecule has 2 heterocycles. The summed E-state index contributed by atoms with van der Waals surface area (Å²) in [4.78, 5) is 15.6. The third kappa shape index (κ3) is 4.07.